The molecule has 0 bridgehead atoms. The Morgan fingerprint density at radius 2 is 1.64 bits per heavy atom. The van der Waals surface area contributed by atoms with E-state index in [-0.39, 0.29) is 17.7 Å². The molecule has 4 nitrogen and oxygen atoms in total. The molecule has 1 aliphatic carbocycles. The summed E-state index contributed by atoms with van der Waals surface area (Å²) in [6.45, 7) is 2.44. The van der Waals surface area contributed by atoms with Gasteiger partial charge < -0.3 is 10.2 Å². The predicted molar refractivity (Wildman–Crippen MR) is 99.3 cm³/mol. The summed E-state index contributed by atoms with van der Waals surface area (Å²) in [5.74, 6) is 1.27. The van der Waals surface area contributed by atoms with Crippen LogP contribution >= 0.6 is 0 Å². The van der Waals surface area contributed by atoms with Gasteiger partial charge >= 0.3 is 0 Å². The molecule has 0 atom stereocenters. The zero-order valence-electron chi connectivity index (χ0n) is 15.1. The number of benzene rings is 1. The molecule has 1 saturated heterocycles. The van der Waals surface area contributed by atoms with Crippen molar-refractivity contribution >= 4 is 11.8 Å². The minimum absolute atomic E-state index is 0.143. The Hall–Kier alpha value is -1.84. The van der Waals surface area contributed by atoms with Gasteiger partial charge in [-0.05, 0) is 50.2 Å². The highest BCUT2D eigenvalue weighted by atomic mass is 16.2. The largest absolute Gasteiger partial charge is 0.356 e. The van der Waals surface area contributed by atoms with E-state index in [1.807, 2.05) is 35.2 Å². The van der Waals surface area contributed by atoms with Gasteiger partial charge in [-0.15, -0.1) is 0 Å². The maximum Gasteiger partial charge on any atom is 0.253 e. The molecule has 2 aliphatic rings. The number of rotatable bonds is 5. The molecule has 1 heterocycles. The number of likely N-dealkylation sites (tertiary alicyclic amines) is 1. The van der Waals surface area contributed by atoms with E-state index in [9.17, 15) is 9.59 Å². The Labute approximate surface area is 151 Å². The lowest BCUT2D eigenvalue weighted by molar-refractivity contribution is -0.125. The monoisotopic (exact) mass is 342 g/mol. The van der Waals surface area contributed by atoms with Crippen LogP contribution in [0.5, 0.6) is 0 Å². The van der Waals surface area contributed by atoms with Crippen LogP contribution in [0.25, 0.3) is 0 Å². The van der Waals surface area contributed by atoms with Crippen LogP contribution in [0.15, 0.2) is 30.3 Å². The fourth-order valence-corrected chi connectivity index (χ4v) is 4.10. The maximum absolute atomic E-state index is 12.5. The Morgan fingerprint density at radius 3 is 2.32 bits per heavy atom. The van der Waals surface area contributed by atoms with Crippen LogP contribution < -0.4 is 5.32 Å². The summed E-state index contributed by atoms with van der Waals surface area (Å²) in [5.41, 5.74) is 0.778. The van der Waals surface area contributed by atoms with Gasteiger partial charge in [-0.3, -0.25) is 9.59 Å². The zero-order valence-corrected chi connectivity index (χ0v) is 15.1. The van der Waals surface area contributed by atoms with E-state index in [1.54, 1.807) is 0 Å². The summed E-state index contributed by atoms with van der Waals surface area (Å²) in [6.07, 6.45) is 8.92. The van der Waals surface area contributed by atoms with Crippen molar-refractivity contribution in [3.05, 3.63) is 35.9 Å². The number of amides is 2. The highest BCUT2D eigenvalue weighted by Gasteiger charge is 2.24. The van der Waals surface area contributed by atoms with Gasteiger partial charge in [0.05, 0.1) is 0 Å². The van der Waals surface area contributed by atoms with Crippen molar-refractivity contribution < 1.29 is 9.59 Å². The Morgan fingerprint density at radius 1 is 0.960 bits per heavy atom. The van der Waals surface area contributed by atoms with Gasteiger partial charge in [-0.2, -0.15) is 0 Å². The maximum atomic E-state index is 12.5. The van der Waals surface area contributed by atoms with Gasteiger partial charge in [-0.25, -0.2) is 0 Å². The van der Waals surface area contributed by atoms with Crippen molar-refractivity contribution in [3.8, 4) is 0 Å². The van der Waals surface area contributed by atoms with E-state index in [0.717, 1.165) is 57.3 Å². The molecule has 3 rings (SSSR count). The molecule has 1 aromatic carbocycles. The van der Waals surface area contributed by atoms with Crippen LogP contribution in [0.1, 0.15) is 61.7 Å². The summed E-state index contributed by atoms with van der Waals surface area (Å²) >= 11 is 0. The van der Waals surface area contributed by atoms with E-state index in [2.05, 4.69) is 5.32 Å². The molecule has 2 fully saturated rings. The Balaban J connectivity index is 1.35. The lowest BCUT2D eigenvalue weighted by atomic mass is 9.88. The molecule has 25 heavy (non-hydrogen) atoms. The normalized spacial score (nSPS) is 19.6. The number of nitrogens with one attached hydrogen (secondary N) is 1. The average Bonchev–Trinajstić information content (AvgIpc) is 2.69. The highest BCUT2D eigenvalue weighted by Crippen LogP contribution is 2.24. The van der Waals surface area contributed by atoms with Crippen LogP contribution in [0.4, 0.5) is 0 Å². The van der Waals surface area contributed by atoms with Crippen molar-refractivity contribution in [2.45, 2.75) is 51.4 Å². The third-order valence-electron chi connectivity index (χ3n) is 5.75. The second kappa shape index (κ2) is 9.02. The summed E-state index contributed by atoms with van der Waals surface area (Å²) in [6, 6.07) is 9.53. The van der Waals surface area contributed by atoms with Crippen LogP contribution in [0.3, 0.4) is 0 Å². The molecule has 136 valence electrons. The first-order valence-corrected chi connectivity index (χ1v) is 9.86. The van der Waals surface area contributed by atoms with Crippen LogP contribution in [0, 0.1) is 11.8 Å². The topological polar surface area (TPSA) is 49.4 Å². The number of carbonyl (C=O) groups is 2. The van der Waals surface area contributed by atoms with Crippen molar-refractivity contribution in [1.82, 2.24) is 10.2 Å². The molecule has 1 aliphatic heterocycles. The average molecular weight is 342 g/mol. The number of hydrogen-bond acceptors (Lipinski definition) is 2. The van der Waals surface area contributed by atoms with Crippen molar-refractivity contribution in [2.24, 2.45) is 11.8 Å². The van der Waals surface area contributed by atoms with Crippen LogP contribution in [-0.2, 0) is 4.79 Å². The van der Waals surface area contributed by atoms with Gasteiger partial charge in [0, 0.05) is 31.1 Å². The van der Waals surface area contributed by atoms with Crippen molar-refractivity contribution in [2.75, 3.05) is 19.6 Å². The lowest BCUT2D eigenvalue weighted by Crippen LogP contribution is -2.39. The summed E-state index contributed by atoms with van der Waals surface area (Å²) in [5, 5.41) is 3.14. The third-order valence-corrected chi connectivity index (χ3v) is 5.75. The minimum atomic E-state index is 0.143. The fourth-order valence-electron chi connectivity index (χ4n) is 4.10. The first-order chi connectivity index (χ1) is 12.2. The molecule has 0 radical (unpaired) electrons. The first-order valence-electron chi connectivity index (χ1n) is 9.86. The number of hydrogen-bond donors (Lipinski definition) is 1. The number of carbonyl (C=O) groups excluding carboxylic acids is 2. The predicted octanol–water partition coefficient (Wildman–Crippen LogP) is 3.63. The van der Waals surface area contributed by atoms with Gasteiger partial charge in [0.1, 0.15) is 0 Å². The number of nitrogens with zero attached hydrogens (tertiary/aromatic N) is 1. The summed E-state index contributed by atoms with van der Waals surface area (Å²) in [4.78, 5) is 26.6. The van der Waals surface area contributed by atoms with E-state index < -0.39 is 0 Å². The standard InChI is InChI=1S/C21H30N2O2/c24-20(18-7-3-1-4-8-18)22-14-11-17-12-15-23(16-13-17)21(25)19-9-5-2-6-10-19/h2,5-6,9-10,17-18H,1,3-4,7-8,11-16H2,(H,22,24). The van der Waals surface area contributed by atoms with Crippen molar-refractivity contribution in [1.29, 1.82) is 0 Å². The minimum Gasteiger partial charge on any atom is -0.356 e. The SMILES string of the molecule is O=C(NCCC1CCN(C(=O)c2ccccc2)CC1)C1CCCCC1. The molecule has 0 aromatic heterocycles. The molecule has 2 amide bonds. The van der Waals surface area contributed by atoms with Gasteiger partial charge in [0.15, 0.2) is 0 Å². The summed E-state index contributed by atoms with van der Waals surface area (Å²) < 4.78 is 0. The van der Waals surface area contributed by atoms with Gasteiger partial charge in [0.2, 0.25) is 5.91 Å². The molecule has 1 N–H and O–H groups in total. The molecule has 4 heteroatoms. The third kappa shape index (κ3) is 5.07. The molecular formula is C21H30N2O2. The van der Waals surface area contributed by atoms with E-state index in [0.29, 0.717) is 5.92 Å². The Bertz CT molecular complexity index is 559. The van der Waals surface area contributed by atoms with E-state index >= 15 is 0 Å². The lowest BCUT2D eigenvalue weighted by Gasteiger charge is -2.32. The van der Waals surface area contributed by atoms with Gasteiger partial charge in [0.25, 0.3) is 5.91 Å². The van der Waals surface area contributed by atoms with Crippen LogP contribution in [-0.4, -0.2) is 36.3 Å². The molecule has 1 aromatic rings. The zero-order chi connectivity index (χ0) is 17.5. The van der Waals surface area contributed by atoms with Gasteiger partial charge in [-0.1, -0.05) is 37.5 Å². The first kappa shape index (κ1) is 18.0. The molecule has 0 unspecified atom stereocenters. The van der Waals surface area contributed by atoms with Crippen molar-refractivity contribution in [3.63, 3.8) is 0 Å². The second-order valence-electron chi connectivity index (χ2n) is 7.52. The quantitative estimate of drug-likeness (QED) is 0.888. The van der Waals surface area contributed by atoms with Crippen LogP contribution in [0.2, 0.25) is 0 Å². The molecular weight excluding hydrogens is 312 g/mol. The Kier molecular flexibility index (Phi) is 6.48. The summed E-state index contributed by atoms with van der Waals surface area (Å²) in [7, 11) is 0. The smallest absolute Gasteiger partial charge is 0.253 e. The number of piperidine rings is 1. The van der Waals surface area contributed by atoms with E-state index in [4.69, 9.17) is 0 Å². The fraction of sp³-hybridized carbons (Fsp3) is 0.619. The van der Waals surface area contributed by atoms with E-state index in [1.165, 1.54) is 19.3 Å². The molecule has 1 saturated carbocycles. The highest BCUT2D eigenvalue weighted by molar-refractivity contribution is 5.94. The second-order valence-corrected chi connectivity index (χ2v) is 7.52. The molecule has 0 spiro atoms.